The van der Waals surface area contributed by atoms with E-state index >= 15 is 0 Å². The average molecular weight is 533 g/mol. The fraction of sp³-hybridized carbons (Fsp3) is 0.233. The molecule has 1 aromatic heterocycles. The van der Waals surface area contributed by atoms with Gasteiger partial charge in [0, 0.05) is 25.6 Å². The highest BCUT2D eigenvalue weighted by atomic mass is 35.5. The van der Waals surface area contributed by atoms with Gasteiger partial charge in [-0.3, -0.25) is 0 Å². The number of unbranched alkanes of at least 4 members (excludes halogenated alkanes) is 1. The molecular weight excluding hydrogens is 504 g/mol. The fourth-order valence-electron chi connectivity index (χ4n) is 4.66. The van der Waals surface area contributed by atoms with Crippen LogP contribution in [0, 0.1) is 0 Å². The van der Waals surface area contributed by atoms with Crippen molar-refractivity contribution in [1.82, 2.24) is 9.55 Å². The van der Waals surface area contributed by atoms with Crippen LogP contribution in [0.3, 0.4) is 0 Å². The minimum Gasteiger partial charge on any atom is -0.478 e. The summed E-state index contributed by atoms with van der Waals surface area (Å²) < 4.78 is 7.75. The van der Waals surface area contributed by atoms with Crippen molar-refractivity contribution < 1.29 is 24.5 Å². The molecule has 196 valence electrons. The van der Waals surface area contributed by atoms with Gasteiger partial charge in [0.05, 0.1) is 16.8 Å². The van der Waals surface area contributed by atoms with E-state index in [4.69, 9.17) is 16.3 Å². The van der Waals surface area contributed by atoms with E-state index in [1.165, 1.54) is 13.2 Å². The van der Waals surface area contributed by atoms with Crippen molar-refractivity contribution in [2.45, 2.75) is 38.8 Å². The Morgan fingerprint density at radius 3 is 2.32 bits per heavy atom. The van der Waals surface area contributed by atoms with Gasteiger partial charge in [0.2, 0.25) is 0 Å². The third-order valence-corrected chi connectivity index (χ3v) is 6.77. The molecule has 0 aliphatic rings. The first-order valence-electron chi connectivity index (χ1n) is 12.4. The number of methoxy groups -OCH3 is 1. The number of aromatic nitrogens is 2. The Hall–Kier alpha value is -3.94. The molecule has 0 amide bonds. The van der Waals surface area contributed by atoms with Crippen LogP contribution in [0.15, 0.2) is 72.8 Å². The molecule has 4 rings (SSSR count). The quantitative estimate of drug-likeness (QED) is 0.222. The lowest BCUT2D eigenvalue weighted by Gasteiger charge is -2.21. The van der Waals surface area contributed by atoms with E-state index < -0.39 is 18.0 Å². The van der Waals surface area contributed by atoms with Gasteiger partial charge in [0.25, 0.3) is 0 Å². The zero-order valence-electron chi connectivity index (χ0n) is 21.2. The van der Waals surface area contributed by atoms with Crippen molar-refractivity contribution in [2.24, 2.45) is 0 Å². The van der Waals surface area contributed by atoms with Crippen LogP contribution >= 0.6 is 11.6 Å². The van der Waals surface area contributed by atoms with E-state index in [9.17, 15) is 19.8 Å². The standard InChI is InChI=1S/C30H29ClN2O5/c1-3-4-14-25-32-28(31)26(27(38-2)22-12-8-9-13-23(22)29(34)35)33(25)18-19-15-16-21(24(17-19)30(36)37)20-10-6-5-7-11-20/h5-13,15-17,27H,3-4,14,18H2,1-2H3,(H,34,35)(H,36,37). The predicted octanol–water partition coefficient (Wildman–Crippen LogP) is 6.73. The zero-order chi connectivity index (χ0) is 27.2. The SMILES string of the molecule is CCCCc1nc(Cl)c(C(OC)c2ccccc2C(=O)O)n1Cc1ccc(-c2ccccc2)c(C(=O)O)c1. The maximum atomic E-state index is 12.2. The third kappa shape index (κ3) is 5.64. The Labute approximate surface area is 226 Å². The summed E-state index contributed by atoms with van der Waals surface area (Å²) in [5, 5.41) is 20.0. The first-order valence-corrected chi connectivity index (χ1v) is 12.7. The number of halogens is 1. The number of aromatic carboxylic acids is 2. The lowest BCUT2D eigenvalue weighted by molar-refractivity contribution is 0.0680. The number of aryl methyl sites for hydroxylation is 1. The maximum absolute atomic E-state index is 12.2. The van der Waals surface area contributed by atoms with Crippen molar-refractivity contribution in [2.75, 3.05) is 7.11 Å². The summed E-state index contributed by atoms with van der Waals surface area (Å²) in [6.45, 7) is 2.37. The zero-order valence-corrected chi connectivity index (χ0v) is 22.0. The summed E-state index contributed by atoms with van der Waals surface area (Å²) >= 11 is 6.68. The molecule has 0 bridgehead atoms. The van der Waals surface area contributed by atoms with Gasteiger partial charge in [-0.1, -0.05) is 85.6 Å². The molecule has 38 heavy (non-hydrogen) atoms. The molecule has 3 aromatic carbocycles. The molecule has 7 nitrogen and oxygen atoms in total. The topological polar surface area (TPSA) is 102 Å². The number of rotatable bonds is 11. The average Bonchev–Trinajstić information content (AvgIpc) is 3.22. The summed E-state index contributed by atoms with van der Waals surface area (Å²) in [4.78, 5) is 28.8. The van der Waals surface area contributed by atoms with Gasteiger partial charge >= 0.3 is 11.9 Å². The predicted molar refractivity (Wildman–Crippen MR) is 146 cm³/mol. The molecule has 2 N–H and O–H groups in total. The van der Waals surface area contributed by atoms with Crippen molar-refractivity contribution in [3.8, 4) is 11.1 Å². The number of imidazole rings is 1. The van der Waals surface area contributed by atoms with Gasteiger partial charge in [-0.05, 0) is 35.2 Å². The van der Waals surface area contributed by atoms with Crippen molar-refractivity contribution in [3.05, 3.63) is 112 Å². The van der Waals surface area contributed by atoms with Crippen LogP contribution in [0.25, 0.3) is 11.1 Å². The van der Waals surface area contributed by atoms with Gasteiger partial charge in [-0.2, -0.15) is 0 Å². The second-order valence-corrected chi connectivity index (χ2v) is 9.31. The normalized spacial score (nSPS) is 11.9. The molecule has 1 unspecified atom stereocenters. The van der Waals surface area contributed by atoms with Crippen LogP contribution in [0.4, 0.5) is 0 Å². The first kappa shape index (κ1) is 27.1. The van der Waals surface area contributed by atoms with E-state index in [1.807, 2.05) is 47.0 Å². The molecule has 0 radical (unpaired) electrons. The van der Waals surface area contributed by atoms with Crippen LogP contribution in [-0.2, 0) is 17.7 Å². The number of carboxylic acids is 2. The Morgan fingerprint density at radius 2 is 1.66 bits per heavy atom. The number of hydrogen-bond donors (Lipinski definition) is 2. The molecule has 4 aromatic rings. The first-order chi connectivity index (χ1) is 18.3. The van der Waals surface area contributed by atoms with E-state index in [2.05, 4.69) is 11.9 Å². The Balaban J connectivity index is 1.84. The van der Waals surface area contributed by atoms with Crippen molar-refractivity contribution in [3.63, 3.8) is 0 Å². The summed E-state index contributed by atoms with van der Waals surface area (Å²) in [5.74, 6) is -1.37. The van der Waals surface area contributed by atoms with E-state index in [1.54, 1.807) is 24.3 Å². The van der Waals surface area contributed by atoms with E-state index in [0.717, 1.165) is 29.8 Å². The van der Waals surface area contributed by atoms with Gasteiger partial charge in [0.1, 0.15) is 11.9 Å². The molecule has 1 atom stereocenters. The highest BCUT2D eigenvalue weighted by molar-refractivity contribution is 6.30. The summed E-state index contributed by atoms with van der Waals surface area (Å²) in [6.07, 6.45) is 1.69. The summed E-state index contributed by atoms with van der Waals surface area (Å²) in [6, 6.07) is 21.4. The highest BCUT2D eigenvalue weighted by Gasteiger charge is 2.28. The van der Waals surface area contributed by atoms with Gasteiger partial charge in [-0.15, -0.1) is 0 Å². The number of carbonyl (C=O) groups is 2. The molecule has 0 spiro atoms. The number of nitrogens with zero attached hydrogens (tertiary/aromatic N) is 2. The van der Waals surface area contributed by atoms with Gasteiger partial charge in [0.15, 0.2) is 5.15 Å². The molecule has 0 saturated heterocycles. The minimum absolute atomic E-state index is 0.110. The lowest BCUT2D eigenvalue weighted by Crippen LogP contribution is -2.17. The monoisotopic (exact) mass is 532 g/mol. The van der Waals surface area contributed by atoms with Crippen LogP contribution in [0.1, 0.15) is 69.2 Å². The third-order valence-electron chi connectivity index (χ3n) is 6.49. The molecule has 0 fully saturated rings. The molecule has 0 saturated carbocycles. The van der Waals surface area contributed by atoms with Gasteiger partial charge < -0.3 is 19.5 Å². The number of benzene rings is 3. The van der Waals surface area contributed by atoms with Crippen LogP contribution in [0.2, 0.25) is 5.15 Å². The molecular formula is C30H29ClN2O5. The van der Waals surface area contributed by atoms with Gasteiger partial charge in [-0.25, -0.2) is 14.6 Å². The molecule has 0 aliphatic heterocycles. The smallest absolute Gasteiger partial charge is 0.336 e. The largest absolute Gasteiger partial charge is 0.478 e. The number of hydrogen-bond acceptors (Lipinski definition) is 4. The molecule has 0 aliphatic carbocycles. The van der Waals surface area contributed by atoms with E-state index in [-0.39, 0.29) is 16.3 Å². The molecule has 1 heterocycles. The number of ether oxygens (including phenoxy) is 1. The van der Waals surface area contributed by atoms with Crippen LogP contribution < -0.4 is 0 Å². The van der Waals surface area contributed by atoms with Crippen molar-refractivity contribution in [1.29, 1.82) is 0 Å². The highest BCUT2D eigenvalue weighted by Crippen LogP contribution is 2.35. The summed E-state index contributed by atoms with van der Waals surface area (Å²) in [7, 11) is 1.50. The Bertz CT molecular complexity index is 1450. The second kappa shape index (κ2) is 12.1. The summed E-state index contributed by atoms with van der Waals surface area (Å²) in [5.41, 5.74) is 3.47. The Kier molecular flexibility index (Phi) is 8.61. The van der Waals surface area contributed by atoms with E-state index in [0.29, 0.717) is 29.8 Å². The van der Waals surface area contributed by atoms with Crippen LogP contribution in [0.5, 0.6) is 0 Å². The number of carboxylic acid groups (broad SMARTS) is 2. The minimum atomic E-state index is -1.07. The Morgan fingerprint density at radius 1 is 0.974 bits per heavy atom. The molecule has 8 heteroatoms. The van der Waals surface area contributed by atoms with Crippen LogP contribution in [-0.4, -0.2) is 38.8 Å². The second-order valence-electron chi connectivity index (χ2n) is 8.95. The lowest BCUT2D eigenvalue weighted by atomic mass is 9.97. The maximum Gasteiger partial charge on any atom is 0.336 e. The van der Waals surface area contributed by atoms with Crippen molar-refractivity contribution >= 4 is 23.5 Å². The fourth-order valence-corrected chi connectivity index (χ4v) is 4.96.